The maximum absolute atomic E-state index is 6.54. The average molecular weight is 432 g/mol. The van der Waals surface area contributed by atoms with Crippen LogP contribution in [-0.4, -0.2) is 67.3 Å². The number of para-hydroxylation sites is 1. The van der Waals surface area contributed by atoms with Crippen molar-refractivity contribution in [1.82, 2.24) is 4.57 Å². The lowest BCUT2D eigenvalue weighted by atomic mass is 9.59. The lowest BCUT2D eigenvalue weighted by Gasteiger charge is -2.22. The van der Waals surface area contributed by atoms with Gasteiger partial charge in [0, 0.05) is 27.0 Å². The van der Waals surface area contributed by atoms with Crippen LogP contribution in [0.15, 0.2) is 48.5 Å². The predicted molar refractivity (Wildman–Crippen MR) is 154 cm³/mol. The molecule has 140 valence electrons. The van der Waals surface area contributed by atoms with Gasteiger partial charge in [0.25, 0.3) is 0 Å². The Morgan fingerprint density at radius 1 is 0.529 bits per heavy atom. The molecule has 0 saturated carbocycles. The molecular weight excluding hydrogens is 424 g/mol. The van der Waals surface area contributed by atoms with Crippen LogP contribution in [0.5, 0.6) is 0 Å². The minimum absolute atomic E-state index is 0.136. The van der Waals surface area contributed by atoms with E-state index in [-0.39, 0.29) is 43.3 Å². The predicted octanol–water partition coefficient (Wildman–Crippen LogP) is -2.55. The second-order valence-corrected chi connectivity index (χ2v) is 8.47. The molecule has 0 amide bonds. The second-order valence-electron chi connectivity index (χ2n) is 8.09. The first kappa shape index (κ1) is 23.2. The summed E-state index contributed by atoms with van der Waals surface area (Å²) in [6, 6.07) is 15.3. The van der Waals surface area contributed by atoms with Crippen molar-refractivity contribution in [2.24, 2.45) is 0 Å². The van der Waals surface area contributed by atoms with Crippen molar-refractivity contribution in [3.63, 3.8) is 0 Å². The Balaban J connectivity index is 2.09. The van der Waals surface area contributed by atoms with Crippen molar-refractivity contribution < 1.29 is 0 Å². The summed E-state index contributed by atoms with van der Waals surface area (Å²) in [5.74, 6) is 0. The van der Waals surface area contributed by atoms with E-state index in [4.69, 9.17) is 74.4 Å². The molecule has 34 heavy (non-hydrogen) atoms. The minimum Gasteiger partial charge on any atom is -0.310 e. The quantitative estimate of drug-likeness (QED) is 0.271. The molecule has 1 heterocycles. The summed E-state index contributed by atoms with van der Waals surface area (Å²) in [6.45, 7) is 0. The standard InChI is InChI=1S/C24H8B8ClN/c25-15-13(16(26)19(29)20(30)18(15)28)10-7-4-8-11-12(10)14-17(27)23(33)21(31)22(32)24(14)34(11)9-5-2-1-3-6-9/h1-8H. The molecular formula is C24H8B8ClN. The normalized spacial score (nSPS) is 11.4. The smallest absolute Gasteiger partial charge is 0.116 e. The molecule has 5 aromatic rings. The van der Waals surface area contributed by atoms with Crippen molar-refractivity contribution in [3.05, 3.63) is 53.6 Å². The molecule has 0 spiro atoms. The molecule has 0 aliphatic rings. The summed E-state index contributed by atoms with van der Waals surface area (Å²) < 4.78 is 1.98. The fourth-order valence-electron chi connectivity index (χ4n) is 4.55. The third-order valence-corrected chi connectivity index (χ3v) is 6.67. The van der Waals surface area contributed by atoms with E-state index in [1.807, 2.05) is 53.1 Å². The molecule has 0 N–H and O–H groups in total. The summed E-state index contributed by atoms with van der Waals surface area (Å²) in [5, 5.41) is 1.50. The third-order valence-electron chi connectivity index (χ3n) is 6.26. The molecule has 16 radical (unpaired) electrons. The van der Waals surface area contributed by atoms with Crippen molar-refractivity contribution in [3.8, 4) is 16.8 Å². The van der Waals surface area contributed by atoms with Gasteiger partial charge in [-0.2, -0.15) is 0 Å². The highest BCUT2D eigenvalue weighted by molar-refractivity contribution is 6.69. The van der Waals surface area contributed by atoms with E-state index in [1.165, 1.54) is 0 Å². The maximum atomic E-state index is 6.54. The van der Waals surface area contributed by atoms with Gasteiger partial charge in [0.2, 0.25) is 0 Å². The number of hydrogen-bond donors (Lipinski definition) is 0. The Kier molecular flexibility index (Phi) is 5.68. The lowest BCUT2D eigenvalue weighted by molar-refractivity contribution is 1.19. The number of rotatable bonds is 2. The molecule has 0 saturated heterocycles. The summed E-state index contributed by atoms with van der Waals surface area (Å²) in [4.78, 5) is 0. The second kappa shape index (κ2) is 8.31. The van der Waals surface area contributed by atoms with Crippen LogP contribution in [0.2, 0.25) is 5.02 Å². The maximum Gasteiger partial charge on any atom is 0.116 e. The van der Waals surface area contributed by atoms with Gasteiger partial charge in [-0.05, 0) is 29.3 Å². The molecule has 5 rings (SSSR count). The topological polar surface area (TPSA) is 4.93 Å². The van der Waals surface area contributed by atoms with Gasteiger partial charge < -0.3 is 4.57 Å². The highest BCUT2D eigenvalue weighted by Crippen LogP contribution is 2.36. The van der Waals surface area contributed by atoms with E-state index in [1.54, 1.807) is 0 Å². The minimum atomic E-state index is 0.136. The van der Waals surface area contributed by atoms with Crippen LogP contribution >= 0.6 is 11.6 Å². The molecule has 0 bridgehead atoms. The molecule has 1 aromatic heterocycles. The molecule has 0 aliphatic carbocycles. The fraction of sp³-hybridized carbons (Fsp3) is 0. The first-order valence-electron chi connectivity index (χ1n) is 10.3. The van der Waals surface area contributed by atoms with Gasteiger partial charge >= 0.3 is 0 Å². The number of benzene rings is 4. The van der Waals surface area contributed by atoms with Gasteiger partial charge in [0.1, 0.15) is 62.8 Å². The van der Waals surface area contributed by atoms with Crippen LogP contribution in [0.25, 0.3) is 38.6 Å². The monoisotopic (exact) mass is 433 g/mol. The van der Waals surface area contributed by atoms with Crippen LogP contribution in [0.1, 0.15) is 0 Å². The largest absolute Gasteiger partial charge is 0.310 e. The number of hydrogen-bond acceptors (Lipinski definition) is 0. The van der Waals surface area contributed by atoms with E-state index < -0.39 is 0 Å². The van der Waals surface area contributed by atoms with Crippen LogP contribution in [0, 0.1) is 0 Å². The lowest BCUT2D eigenvalue weighted by Crippen LogP contribution is -2.55. The first-order chi connectivity index (χ1) is 16.2. The zero-order valence-electron chi connectivity index (χ0n) is 18.1. The zero-order valence-corrected chi connectivity index (χ0v) is 18.8. The molecule has 0 aliphatic heterocycles. The summed E-state index contributed by atoms with van der Waals surface area (Å²) in [7, 11) is 50.5. The highest BCUT2D eigenvalue weighted by atomic mass is 35.5. The number of fused-ring (bicyclic) bond motifs is 3. The van der Waals surface area contributed by atoms with Crippen molar-refractivity contribution in [1.29, 1.82) is 0 Å². The van der Waals surface area contributed by atoms with Gasteiger partial charge in [-0.3, -0.25) is 0 Å². The van der Waals surface area contributed by atoms with E-state index in [0.717, 1.165) is 16.6 Å². The molecule has 10 heteroatoms. The first-order valence-corrected chi connectivity index (χ1v) is 10.7. The van der Waals surface area contributed by atoms with Crippen molar-refractivity contribution in [2.45, 2.75) is 0 Å². The van der Waals surface area contributed by atoms with Crippen molar-refractivity contribution >= 4 is 140 Å². The Morgan fingerprint density at radius 3 is 1.74 bits per heavy atom. The zero-order chi connectivity index (χ0) is 24.5. The Labute approximate surface area is 214 Å². The number of nitrogens with zero attached hydrogens (tertiary/aromatic N) is 1. The van der Waals surface area contributed by atoms with E-state index in [2.05, 4.69) is 0 Å². The molecule has 0 unspecified atom stereocenters. The third kappa shape index (κ3) is 3.13. The SMILES string of the molecule is [B]c1c([B])c([B])c(-c2cccc3c2c2c([B])c(Cl)c([B])c([B])c2n3-c2ccccc2)c([B])c1[B]. The van der Waals surface area contributed by atoms with Gasteiger partial charge in [-0.1, -0.05) is 69.2 Å². The molecule has 1 nitrogen and oxygen atoms in total. The summed E-state index contributed by atoms with van der Waals surface area (Å²) in [6.07, 6.45) is 0. The summed E-state index contributed by atoms with van der Waals surface area (Å²) in [5.41, 5.74) is 5.01. The van der Waals surface area contributed by atoms with Crippen LogP contribution < -0.4 is 43.7 Å². The van der Waals surface area contributed by atoms with Crippen molar-refractivity contribution in [2.75, 3.05) is 0 Å². The number of aromatic nitrogens is 1. The Hall–Kier alpha value is -2.51. The van der Waals surface area contributed by atoms with Crippen LogP contribution in [-0.2, 0) is 0 Å². The van der Waals surface area contributed by atoms with E-state index in [9.17, 15) is 0 Å². The fourth-order valence-corrected chi connectivity index (χ4v) is 4.75. The molecule has 0 atom stereocenters. The average Bonchev–Trinajstić information content (AvgIpc) is 3.20. The Morgan fingerprint density at radius 2 is 1.12 bits per heavy atom. The van der Waals surface area contributed by atoms with Gasteiger partial charge in [0.05, 0.1) is 5.52 Å². The number of halogens is 1. The summed E-state index contributed by atoms with van der Waals surface area (Å²) >= 11 is 6.50. The van der Waals surface area contributed by atoms with Gasteiger partial charge in [-0.25, -0.2) is 0 Å². The molecule has 0 fully saturated rings. The van der Waals surface area contributed by atoms with E-state index in [0.29, 0.717) is 27.5 Å². The van der Waals surface area contributed by atoms with Crippen LogP contribution in [0.4, 0.5) is 0 Å². The van der Waals surface area contributed by atoms with Gasteiger partial charge in [0.15, 0.2) is 0 Å². The van der Waals surface area contributed by atoms with Crippen LogP contribution in [0.3, 0.4) is 0 Å². The van der Waals surface area contributed by atoms with E-state index >= 15 is 0 Å². The highest BCUT2D eigenvalue weighted by Gasteiger charge is 2.23. The Bertz CT molecular complexity index is 1610. The molecule has 4 aromatic carbocycles. The van der Waals surface area contributed by atoms with Gasteiger partial charge in [-0.15, -0.1) is 16.4 Å².